The van der Waals surface area contributed by atoms with Gasteiger partial charge in [-0.15, -0.1) is 0 Å². The van der Waals surface area contributed by atoms with Crippen LogP contribution in [0.25, 0.3) is 11.3 Å². The van der Waals surface area contributed by atoms with Crippen molar-refractivity contribution in [2.75, 3.05) is 0 Å². The zero-order chi connectivity index (χ0) is 17.8. The van der Waals surface area contributed by atoms with Crippen LogP contribution in [-0.4, -0.2) is 21.0 Å². The van der Waals surface area contributed by atoms with E-state index in [0.29, 0.717) is 23.4 Å². The number of carbonyl (C=O) groups is 1. The molecule has 2 aromatic carbocycles. The molecular weight excluding hydrogens is 320 g/mol. The van der Waals surface area contributed by atoms with Gasteiger partial charge in [-0.3, -0.25) is 20.0 Å². The van der Waals surface area contributed by atoms with E-state index in [1.54, 1.807) is 12.1 Å². The van der Waals surface area contributed by atoms with Crippen LogP contribution < -0.4 is 5.32 Å². The largest absolute Gasteiger partial charge is 0.348 e. The van der Waals surface area contributed by atoms with Crippen LogP contribution >= 0.6 is 0 Å². The van der Waals surface area contributed by atoms with Gasteiger partial charge in [-0.05, 0) is 24.6 Å². The molecule has 0 spiro atoms. The van der Waals surface area contributed by atoms with Crippen LogP contribution in [0.4, 0.5) is 5.69 Å². The van der Waals surface area contributed by atoms with Crippen molar-refractivity contribution in [2.24, 2.45) is 0 Å². The van der Waals surface area contributed by atoms with Crippen molar-refractivity contribution in [1.82, 2.24) is 15.5 Å². The number of aryl methyl sites for hydroxylation is 1. The van der Waals surface area contributed by atoms with E-state index < -0.39 is 4.92 Å². The maximum atomic E-state index is 12.4. The summed E-state index contributed by atoms with van der Waals surface area (Å²) < 4.78 is 0. The average Bonchev–Trinajstić information content (AvgIpc) is 3.11. The third-order valence-corrected chi connectivity index (χ3v) is 3.82. The van der Waals surface area contributed by atoms with E-state index >= 15 is 0 Å². The van der Waals surface area contributed by atoms with E-state index in [1.165, 1.54) is 18.3 Å². The Morgan fingerprint density at radius 1 is 1.16 bits per heavy atom. The highest BCUT2D eigenvalue weighted by Gasteiger charge is 2.16. The summed E-state index contributed by atoms with van der Waals surface area (Å²) in [6.45, 7) is 2.41. The minimum absolute atomic E-state index is 0.00589. The standard InChI is InChI=1S/C18H16N4O3/c1-12-2-4-13(5-3-12)10-19-18(23)16-11-20-21-17(16)14-6-8-15(9-7-14)22(24)25/h2-9,11H,10H2,1H3,(H,19,23)(H,20,21). The summed E-state index contributed by atoms with van der Waals surface area (Å²) in [4.78, 5) is 22.7. The number of H-pyrrole nitrogens is 1. The molecule has 1 aromatic heterocycles. The van der Waals surface area contributed by atoms with Gasteiger partial charge in [-0.1, -0.05) is 29.8 Å². The number of hydrogen-bond donors (Lipinski definition) is 2. The van der Waals surface area contributed by atoms with Gasteiger partial charge in [-0.25, -0.2) is 0 Å². The zero-order valence-corrected chi connectivity index (χ0v) is 13.5. The molecule has 0 saturated heterocycles. The fraction of sp³-hybridized carbons (Fsp3) is 0.111. The highest BCUT2D eigenvalue weighted by Crippen LogP contribution is 2.23. The second-order valence-corrected chi connectivity index (χ2v) is 5.63. The molecule has 3 aromatic rings. The summed E-state index contributed by atoms with van der Waals surface area (Å²) in [7, 11) is 0. The number of rotatable bonds is 5. The van der Waals surface area contributed by atoms with Crippen LogP contribution in [-0.2, 0) is 6.54 Å². The Balaban J connectivity index is 1.75. The maximum absolute atomic E-state index is 12.4. The quantitative estimate of drug-likeness (QED) is 0.552. The molecule has 3 rings (SSSR count). The molecule has 0 radical (unpaired) electrons. The van der Waals surface area contributed by atoms with Gasteiger partial charge in [0, 0.05) is 24.2 Å². The summed E-state index contributed by atoms with van der Waals surface area (Å²) in [6, 6.07) is 13.9. The molecule has 7 nitrogen and oxygen atoms in total. The lowest BCUT2D eigenvalue weighted by Crippen LogP contribution is -2.22. The number of aromatic amines is 1. The highest BCUT2D eigenvalue weighted by molar-refractivity contribution is 5.99. The van der Waals surface area contributed by atoms with Crippen molar-refractivity contribution in [3.63, 3.8) is 0 Å². The summed E-state index contributed by atoms with van der Waals surface area (Å²) >= 11 is 0. The van der Waals surface area contributed by atoms with Crippen molar-refractivity contribution >= 4 is 11.6 Å². The Hall–Kier alpha value is -3.48. The van der Waals surface area contributed by atoms with Crippen LogP contribution in [0.5, 0.6) is 0 Å². The SMILES string of the molecule is Cc1ccc(CNC(=O)c2cn[nH]c2-c2ccc([N+](=O)[O-])cc2)cc1. The number of amides is 1. The molecule has 0 aliphatic carbocycles. The fourth-order valence-corrected chi connectivity index (χ4v) is 2.41. The van der Waals surface area contributed by atoms with E-state index in [0.717, 1.165) is 11.1 Å². The monoisotopic (exact) mass is 336 g/mol. The minimum Gasteiger partial charge on any atom is -0.348 e. The van der Waals surface area contributed by atoms with E-state index in [-0.39, 0.29) is 11.6 Å². The van der Waals surface area contributed by atoms with Gasteiger partial charge in [-0.2, -0.15) is 5.10 Å². The number of nitro groups is 1. The lowest BCUT2D eigenvalue weighted by molar-refractivity contribution is -0.384. The molecule has 0 aliphatic rings. The molecule has 25 heavy (non-hydrogen) atoms. The number of non-ortho nitro benzene ring substituents is 1. The van der Waals surface area contributed by atoms with Gasteiger partial charge in [0.05, 0.1) is 22.4 Å². The number of benzene rings is 2. The molecule has 2 N–H and O–H groups in total. The lowest BCUT2D eigenvalue weighted by Gasteiger charge is -2.06. The Labute approximate surface area is 143 Å². The molecule has 0 bridgehead atoms. The molecule has 0 aliphatic heterocycles. The number of hydrogen-bond acceptors (Lipinski definition) is 4. The van der Waals surface area contributed by atoms with Crippen molar-refractivity contribution in [3.05, 3.63) is 81.5 Å². The first-order chi connectivity index (χ1) is 12.0. The van der Waals surface area contributed by atoms with Crippen molar-refractivity contribution in [2.45, 2.75) is 13.5 Å². The van der Waals surface area contributed by atoms with Gasteiger partial charge in [0.1, 0.15) is 0 Å². The van der Waals surface area contributed by atoms with Gasteiger partial charge in [0.15, 0.2) is 0 Å². The predicted octanol–water partition coefficient (Wildman–Crippen LogP) is 3.22. The maximum Gasteiger partial charge on any atom is 0.269 e. The van der Waals surface area contributed by atoms with Gasteiger partial charge >= 0.3 is 0 Å². The minimum atomic E-state index is -0.466. The molecule has 126 valence electrons. The first-order valence-electron chi connectivity index (χ1n) is 7.66. The predicted molar refractivity (Wildman–Crippen MR) is 93.0 cm³/mol. The molecule has 7 heteroatoms. The van der Waals surface area contributed by atoms with Crippen LogP contribution in [0, 0.1) is 17.0 Å². The number of nitro benzene ring substituents is 1. The summed E-state index contributed by atoms with van der Waals surface area (Å²) in [5.41, 5.74) is 3.72. The first kappa shape index (κ1) is 16.4. The van der Waals surface area contributed by atoms with E-state index in [1.807, 2.05) is 31.2 Å². The Morgan fingerprint density at radius 2 is 1.84 bits per heavy atom. The van der Waals surface area contributed by atoms with E-state index in [2.05, 4.69) is 15.5 Å². The molecular formula is C18H16N4O3. The second-order valence-electron chi connectivity index (χ2n) is 5.63. The number of aromatic nitrogens is 2. The average molecular weight is 336 g/mol. The van der Waals surface area contributed by atoms with Crippen molar-refractivity contribution in [3.8, 4) is 11.3 Å². The highest BCUT2D eigenvalue weighted by atomic mass is 16.6. The smallest absolute Gasteiger partial charge is 0.269 e. The zero-order valence-electron chi connectivity index (χ0n) is 13.5. The number of nitrogens with one attached hydrogen (secondary N) is 2. The third kappa shape index (κ3) is 3.72. The summed E-state index contributed by atoms with van der Waals surface area (Å²) in [5.74, 6) is -0.261. The van der Waals surface area contributed by atoms with Crippen LogP contribution in [0.1, 0.15) is 21.5 Å². The van der Waals surface area contributed by atoms with Crippen LogP contribution in [0.15, 0.2) is 54.7 Å². The molecule has 0 saturated carbocycles. The topological polar surface area (TPSA) is 101 Å². The Morgan fingerprint density at radius 3 is 2.48 bits per heavy atom. The van der Waals surface area contributed by atoms with Crippen molar-refractivity contribution < 1.29 is 9.72 Å². The Bertz CT molecular complexity index is 899. The fourth-order valence-electron chi connectivity index (χ4n) is 2.41. The van der Waals surface area contributed by atoms with Gasteiger partial charge in [0.25, 0.3) is 11.6 Å². The second kappa shape index (κ2) is 6.96. The third-order valence-electron chi connectivity index (χ3n) is 3.82. The molecule has 1 heterocycles. The van der Waals surface area contributed by atoms with Crippen LogP contribution in [0.2, 0.25) is 0 Å². The first-order valence-corrected chi connectivity index (χ1v) is 7.66. The van der Waals surface area contributed by atoms with Gasteiger partial charge < -0.3 is 5.32 Å². The molecule has 0 fully saturated rings. The molecule has 0 unspecified atom stereocenters. The normalized spacial score (nSPS) is 10.4. The molecule has 1 amide bonds. The van der Waals surface area contributed by atoms with Crippen molar-refractivity contribution in [1.29, 1.82) is 0 Å². The Kier molecular flexibility index (Phi) is 4.56. The lowest BCUT2D eigenvalue weighted by atomic mass is 10.1. The summed E-state index contributed by atoms with van der Waals surface area (Å²) in [5, 5.41) is 20.3. The summed E-state index contributed by atoms with van der Waals surface area (Å²) in [6.07, 6.45) is 1.45. The van der Waals surface area contributed by atoms with Crippen LogP contribution in [0.3, 0.4) is 0 Å². The molecule has 0 atom stereocenters. The van der Waals surface area contributed by atoms with E-state index in [9.17, 15) is 14.9 Å². The number of carbonyl (C=O) groups excluding carboxylic acids is 1. The number of nitrogens with zero attached hydrogens (tertiary/aromatic N) is 2. The van der Waals surface area contributed by atoms with Gasteiger partial charge in [0.2, 0.25) is 0 Å². The van der Waals surface area contributed by atoms with E-state index in [4.69, 9.17) is 0 Å².